The zero-order chi connectivity index (χ0) is 26.9. The lowest BCUT2D eigenvalue weighted by molar-refractivity contribution is -0.142. The fourth-order valence-corrected chi connectivity index (χ4v) is 4.43. The van der Waals surface area contributed by atoms with Gasteiger partial charge in [0.05, 0.1) is 0 Å². The summed E-state index contributed by atoms with van der Waals surface area (Å²) >= 11 is 6.10. The monoisotopic (exact) mass is 528 g/mol. The van der Waals surface area contributed by atoms with Crippen LogP contribution in [0.25, 0.3) is 10.8 Å². The van der Waals surface area contributed by atoms with Gasteiger partial charge in [-0.2, -0.15) is 0 Å². The molecule has 4 rings (SSSR count). The number of hydrogen-bond donors (Lipinski definition) is 1. The summed E-state index contributed by atoms with van der Waals surface area (Å²) < 4.78 is 6.05. The number of carbonyl (C=O) groups excluding carboxylic acids is 2. The summed E-state index contributed by atoms with van der Waals surface area (Å²) in [5, 5.41) is 5.61. The number of halogens is 1. The smallest absolute Gasteiger partial charge is 0.261 e. The Hall–Kier alpha value is -3.83. The lowest BCUT2D eigenvalue weighted by Crippen LogP contribution is -2.52. The Balaban J connectivity index is 1.63. The Morgan fingerprint density at radius 3 is 2.26 bits per heavy atom. The Labute approximate surface area is 229 Å². The van der Waals surface area contributed by atoms with Crippen LogP contribution in [0.15, 0.2) is 97.1 Å². The fraction of sp³-hybridized carbons (Fsp3) is 0.250. The van der Waals surface area contributed by atoms with Gasteiger partial charge in [0.2, 0.25) is 5.91 Å². The third kappa shape index (κ3) is 7.36. The van der Waals surface area contributed by atoms with Crippen LogP contribution in [-0.4, -0.2) is 35.9 Å². The lowest BCUT2D eigenvalue weighted by Gasteiger charge is -2.31. The van der Waals surface area contributed by atoms with Crippen LogP contribution in [0.2, 0.25) is 5.02 Å². The van der Waals surface area contributed by atoms with Crippen molar-refractivity contribution in [3.63, 3.8) is 0 Å². The van der Waals surface area contributed by atoms with Crippen LogP contribution in [0, 0.1) is 5.92 Å². The summed E-state index contributed by atoms with van der Waals surface area (Å²) in [5.74, 6) is 0.460. The average molecular weight is 529 g/mol. The van der Waals surface area contributed by atoms with E-state index in [0.717, 1.165) is 21.9 Å². The molecule has 0 aliphatic rings. The van der Waals surface area contributed by atoms with Gasteiger partial charge in [0.15, 0.2) is 6.61 Å². The standard InChI is InChI=1S/C32H33ClN2O3/c1-23(2)20-34-32(37)29(19-24-9-4-3-5-10-24)35(21-25-15-17-27(33)18-16-25)31(36)22-38-30-14-8-12-26-11-6-7-13-28(26)30/h3-18,23,29H,19-22H2,1-2H3,(H,34,37). The number of ether oxygens (including phenoxy) is 1. The first kappa shape index (κ1) is 27.2. The molecule has 6 heteroatoms. The van der Waals surface area contributed by atoms with E-state index in [4.69, 9.17) is 16.3 Å². The zero-order valence-corrected chi connectivity index (χ0v) is 22.5. The highest BCUT2D eigenvalue weighted by atomic mass is 35.5. The van der Waals surface area contributed by atoms with Crippen LogP contribution in [0.1, 0.15) is 25.0 Å². The van der Waals surface area contributed by atoms with E-state index in [1.165, 1.54) is 0 Å². The normalized spacial score (nSPS) is 11.8. The third-order valence-corrected chi connectivity index (χ3v) is 6.57. The van der Waals surface area contributed by atoms with E-state index >= 15 is 0 Å². The summed E-state index contributed by atoms with van der Waals surface area (Å²) in [6, 6.07) is 30.0. The van der Waals surface area contributed by atoms with Crippen LogP contribution in [0.3, 0.4) is 0 Å². The van der Waals surface area contributed by atoms with Crippen LogP contribution < -0.4 is 10.1 Å². The molecule has 5 nitrogen and oxygen atoms in total. The van der Waals surface area contributed by atoms with Crippen molar-refractivity contribution in [2.45, 2.75) is 32.9 Å². The van der Waals surface area contributed by atoms with Crippen molar-refractivity contribution in [3.8, 4) is 5.75 Å². The molecule has 0 spiro atoms. The largest absolute Gasteiger partial charge is 0.483 e. The first-order valence-electron chi connectivity index (χ1n) is 12.9. The molecule has 196 valence electrons. The summed E-state index contributed by atoms with van der Waals surface area (Å²) in [7, 11) is 0. The molecule has 2 amide bonds. The maximum atomic E-state index is 13.8. The number of nitrogens with one attached hydrogen (secondary N) is 1. The van der Waals surface area contributed by atoms with Gasteiger partial charge in [-0.1, -0.05) is 104 Å². The van der Waals surface area contributed by atoms with E-state index in [0.29, 0.717) is 23.7 Å². The predicted octanol–water partition coefficient (Wildman–Crippen LogP) is 6.28. The summed E-state index contributed by atoms with van der Waals surface area (Å²) in [4.78, 5) is 28.9. The van der Waals surface area contributed by atoms with Gasteiger partial charge in [-0.05, 0) is 40.6 Å². The molecule has 1 N–H and O–H groups in total. The van der Waals surface area contributed by atoms with Crippen molar-refractivity contribution in [2.24, 2.45) is 5.92 Å². The summed E-state index contributed by atoms with van der Waals surface area (Å²) in [6.07, 6.45) is 0.387. The lowest BCUT2D eigenvalue weighted by atomic mass is 10.0. The Bertz CT molecular complexity index is 1350. The molecule has 4 aromatic rings. The van der Waals surface area contributed by atoms with Gasteiger partial charge >= 0.3 is 0 Å². The topological polar surface area (TPSA) is 58.6 Å². The van der Waals surface area contributed by atoms with Crippen molar-refractivity contribution in [1.29, 1.82) is 0 Å². The number of benzene rings is 4. The van der Waals surface area contributed by atoms with E-state index in [9.17, 15) is 9.59 Å². The number of fused-ring (bicyclic) bond motifs is 1. The van der Waals surface area contributed by atoms with Crippen LogP contribution >= 0.6 is 11.6 Å². The van der Waals surface area contributed by atoms with Crippen LogP contribution in [0.5, 0.6) is 5.75 Å². The summed E-state index contributed by atoms with van der Waals surface area (Å²) in [5.41, 5.74) is 1.85. The molecule has 0 aliphatic carbocycles. The van der Waals surface area contributed by atoms with Gasteiger partial charge in [-0.3, -0.25) is 9.59 Å². The van der Waals surface area contributed by atoms with E-state index in [1.54, 1.807) is 17.0 Å². The van der Waals surface area contributed by atoms with E-state index in [-0.39, 0.29) is 30.9 Å². The molecule has 0 aromatic heterocycles. The quantitative estimate of drug-likeness (QED) is 0.249. The SMILES string of the molecule is CC(C)CNC(=O)C(Cc1ccccc1)N(Cc1ccc(Cl)cc1)C(=O)COc1cccc2ccccc12. The van der Waals surface area contributed by atoms with Crippen molar-refractivity contribution in [1.82, 2.24) is 10.2 Å². The minimum atomic E-state index is -0.713. The molecule has 0 fully saturated rings. The zero-order valence-electron chi connectivity index (χ0n) is 21.8. The maximum Gasteiger partial charge on any atom is 0.261 e. The van der Waals surface area contributed by atoms with Gasteiger partial charge in [0.1, 0.15) is 11.8 Å². The highest BCUT2D eigenvalue weighted by molar-refractivity contribution is 6.30. The van der Waals surface area contributed by atoms with Gasteiger partial charge in [0, 0.05) is 29.9 Å². The van der Waals surface area contributed by atoms with Crippen LogP contribution in [-0.2, 0) is 22.6 Å². The fourth-order valence-electron chi connectivity index (χ4n) is 4.31. The molecule has 0 radical (unpaired) electrons. The van der Waals surface area contributed by atoms with Crippen molar-refractivity contribution in [3.05, 3.63) is 113 Å². The maximum absolute atomic E-state index is 13.8. The van der Waals surface area contributed by atoms with Crippen molar-refractivity contribution >= 4 is 34.2 Å². The molecule has 1 atom stereocenters. The minimum Gasteiger partial charge on any atom is -0.483 e. The number of amides is 2. The third-order valence-electron chi connectivity index (χ3n) is 6.32. The Kier molecular flexibility index (Phi) is 9.39. The molecule has 0 bridgehead atoms. The molecule has 38 heavy (non-hydrogen) atoms. The van der Waals surface area contributed by atoms with Gasteiger partial charge < -0.3 is 15.0 Å². The summed E-state index contributed by atoms with van der Waals surface area (Å²) in [6.45, 7) is 4.67. The minimum absolute atomic E-state index is 0.185. The Morgan fingerprint density at radius 2 is 1.53 bits per heavy atom. The number of carbonyl (C=O) groups is 2. The number of hydrogen-bond acceptors (Lipinski definition) is 3. The van der Waals surface area contributed by atoms with Gasteiger partial charge in [0.25, 0.3) is 5.91 Å². The second kappa shape index (κ2) is 13.1. The van der Waals surface area contributed by atoms with Gasteiger partial charge in [-0.15, -0.1) is 0 Å². The number of nitrogens with zero attached hydrogens (tertiary/aromatic N) is 1. The highest BCUT2D eigenvalue weighted by Crippen LogP contribution is 2.25. The molecule has 0 heterocycles. The first-order chi connectivity index (χ1) is 18.4. The number of rotatable bonds is 11. The highest BCUT2D eigenvalue weighted by Gasteiger charge is 2.30. The molecule has 0 aliphatic heterocycles. The molecule has 4 aromatic carbocycles. The molecule has 0 saturated carbocycles. The first-order valence-corrected chi connectivity index (χ1v) is 13.2. The average Bonchev–Trinajstić information content (AvgIpc) is 2.93. The van der Waals surface area contributed by atoms with E-state index < -0.39 is 6.04 Å². The second-order valence-electron chi connectivity index (χ2n) is 9.76. The van der Waals surface area contributed by atoms with Crippen molar-refractivity contribution < 1.29 is 14.3 Å². The molecular formula is C32H33ClN2O3. The predicted molar refractivity (Wildman–Crippen MR) is 153 cm³/mol. The van der Waals surface area contributed by atoms with E-state index in [1.807, 2.05) is 98.8 Å². The van der Waals surface area contributed by atoms with Gasteiger partial charge in [-0.25, -0.2) is 0 Å². The molecule has 0 saturated heterocycles. The molecule has 1 unspecified atom stereocenters. The molecular weight excluding hydrogens is 496 g/mol. The van der Waals surface area contributed by atoms with Crippen molar-refractivity contribution in [2.75, 3.05) is 13.2 Å². The van der Waals surface area contributed by atoms with E-state index in [2.05, 4.69) is 5.32 Å². The Morgan fingerprint density at radius 1 is 0.842 bits per heavy atom. The second-order valence-corrected chi connectivity index (χ2v) is 10.2. The van der Waals surface area contributed by atoms with Crippen LogP contribution in [0.4, 0.5) is 0 Å².